The molecule has 0 unspecified atom stereocenters. The fraction of sp³-hybridized carbons (Fsp3) is 0.508. The molecule has 0 saturated carbocycles. The summed E-state index contributed by atoms with van der Waals surface area (Å²) in [7, 11) is 13.7. The average molecular weight is 2240 g/mol. The maximum Gasteiger partial charge on any atom is 0.145 e. The summed E-state index contributed by atoms with van der Waals surface area (Å²) in [5.74, 6) is 5.97. The number of fused-ring (bicyclic) bond motifs is 5. The van der Waals surface area contributed by atoms with Gasteiger partial charge in [0, 0.05) is 84.7 Å². The third-order valence-electron chi connectivity index (χ3n) is 27.6. The van der Waals surface area contributed by atoms with Gasteiger partial charge in [-0.2, -0.15) is 42.1 Å². The number of ether oxygens (including phenoxy) is 8. The molecule has 0 atom stereocenters. The van der Waals surface area contributed by atoms with Crippen molar-refractivity contribution in [3.8, 4) is 34.5 Å². The Labute approximate surface area is 949 Å². The molecule has 0 bridgehead atoms. The molecule has 0 aromatic heterocycles. The van der Waals surface area contributed by atoms with Gasteiger partial charge in [-0.25, -0.2) is 0 Å². The topological polar surface area (TPSA) is 73.8 Å². The molecule has 15 heteroatoms. The summed E-state index contributed by atoms with van der Waals surface area (Å²) in [5.41, 5.74) is 47.8. The Bertz CT molecular complexity index is 5530. The minimum atomic E-state index is 0. The van der Waals surface area contributed by atoms with Gasteiger partial charge in [0.25, 0.3) is 0 Å². The number of rotatable bonds is 15. The van der Waals surface area contributed by atoms with Crippen LogP contribution in [0.1, 0.15) is 303 Å². The van der Waals surface area contributed by atoms with Crippen molar-refractivity contribution in [2.24, 2.45) is 0 Å². The maximum absolute atomic E-state index is 5.72. The van der Waals surface area contributed by atoms with Crippen molar-refractivity contribution in [3.05, 3.63) is 251 Å². The van der Waals surface area contributed by atoms with Gasteiger partial charge in [-0.1, -0.05) is 141 Å². The van der Waals surface area contributed by atoms with Gasteiger partial charge in [-0.15, -0.1) is 64.2 Å². The van der Waals surface area contributed by atoms with Crippen LogP contribution >= 0.6 is 70.6 Å². The largest absolute Gasteiger partial charge is 0.496 e. The molecule has 0 saturated heterocycles. The number of aryl methyl sites for hydroxylation is 22. The number of thioether (sulfide) groups is 6. The Kier molecular flexibility index (Phi) is 75.3. The summed E-state index contributed by atoms with van der Waals surface area (Å²) < 4.78 is 42.8. The zero-order valence-corrected chi connectivity index (χ0v) is 111. The normalized spacial score (nSPS) is 9.97. The van der Waals surface area contributed by atoms with E-state index in [9.17, 15) is 0 Å². The van der Waals surface area contributed by atoms with Gasteiger partial charge in [0.15, 0.2) is 0 Å². The number of hydrogen-bond donors (Lipinski definition) is 0. The van der Waals surface area contributed by atoms with Crippen LogP contribution in [0.4, 0.5) is 0 Å². The molecule has 8 nitrogen and oxygen atoms in total. The Morgan fingerprint density at radius 3 is 0.600 bits per heavy atom. The van der Waals surface area contributed by atoms with Gasteiger partial charge in [0.05, 0.1) is 42.7 Å². The van der Waals surface area contributed by atoms with Crippen LogP contribution in [-0.4, -0.2) is 106 Å². The van der Waals surface area contributed by atoms with Crippen LogP contribution in [0.2, 0.25) is 0 Å². The number of methoxy groups -OCH3 is 8. The van der Waals surface area contributed by atoms with E-state index in [2.05, 4.69) is 348 Å². The van der Waals surface area contributed by atoms with Crippen LogP contribution in [0.25, 0.3) is 53.9 Å². The van der Waals surface area contributed by atoms with Gasteiger partial charge in [-0.3, -0.25) is 0 Å². The summed E-state index contributed by atoms with van der Waals surface area (Å²) in [6.45, 7) is 105. The van der Waals surface area contributed by atoms with E-state index in [1.165, 1.54) is 286 Å². The second-order valence-corrected chi connectivity index (χ2v) is 41.1. The van der Waals surface area contributed by atoms with Crippen LogP contribution in [0.5, 0.6) is 34.5 Å². The minimum absolute atomic E-state index is 0. The molecule has 0 radical (unpaired) electrons. The van der Waals surface area contributed by atoms with Gasteiger partial charge in [0.2, 0.25) is 0 Å². The molecular formula is C130H204O8S6Sm-2. The Hall–Kier alpha value is -6.03. The zero-order chi connectivity index (χ0) is 112. The monoisotopic (exact) mass is 2240 g/mol. The minimum Gasteiger partial charge on any atom is -0.496 e. The van der Waals surface area contributed by atoms with Gasteiger partial charge < -0.3 is 45.3 Å². The van der Waals surface area contributed by atoms with Crippen LogP contribution in [0, 0.1) is 290 Å². The maximum atomic E-state index is 5.72. The van der Waals surface area contributed by atoms with E-state index in [0.717, 1.165) is 46.5 Å². The summed E-state index contributed by atoms with van der Waals surface area (Å²) >= 11 is 11.2. The Morgan fingerprint density at radius 1 is 0.221 bits per heavy atom. The molecule has 0 heterocycles. The summed E-state index contributed by atoms with van der Waals surface area (Å²) in [6, 6.07) is 12.6. The second kappa shape index (κ2) is 74.0. The number of hydrogen-bond acceptors (Lipinski definition) is 14. The molecule has 0 aliphatic rings. The quantitative estimate of drug-likeness (QED) is 0.0555. The molecule has 145 heavy (non-hydrogen) atoms. The van der Waals surface area contributed by atoms with Gasteiger partial charge in [0.1, 0.15) is 41.3 Å². The Morgan fingerprint density at radius 2 is 0.407 bits per heavy atom. The first-order chi connectivity index (χ1) is 67.4. The molecular weight excluding hydrogens is 2030 g/mol. The first-order valence-electron chi connectivity index (χ1n) is 51.4. The van der Waals surface area contributed by atoms with Crippen molar-refractivity contribution < 1.29 is 78.3 Å². The van der Waals surface area contributed by atoms with E-state index < -0.39 is 0 Å². The van der Waals surface area contributed by atoms with Crippen LogP contribution in [-0.2, 0) is 15.9 Å². The second-order valence-electron chi connectivity index (χ2n) is 35.7. The van der Waals surface area contributed by atoms with E-state index in [1.54, 1.807) is 56.9 Å². The van der Waals surface area contributed by atoms with E-state index in [0.29, 0.717) is 6.79 Å². The molecule has 0 aliphatic carbocycles. The Balaban J connectivity index is -0.000000510. The fourth-order valence-corrected chi connectivity index (χ4v) is 23.6. The molecule has 0 spiro atoms. The smallest absolute Gasteiger partial charge is 0.145 e. The first kappa shape index (κ1) is 147. The molecule has 0 aliphatic heterocycles. The number of benzene rings is 12. The SMILES string of the molecule is CC.CC.CC.CC.CCC.CCC.CCc1cccc(C)c1C.COCOC.COc1c(C)c(C)c2c(C)c(C)c(OC)c(C)c2c1C.COc1c(C)c(C)c2c(C)c(OC)c(C)c(C)c2c1C.COc1c(C)c(C)c2c(OC)c(C)c(C)c(C)c2c1C.CSCSC.CSc1c(C)c(C)c2c(C)c(C)c(SC)c(C)c2c1C.CSc1c(C)c(C)c2c(C)c(SC)c(C)c(C)c2c1C.[CH2-]c1cccc(C)c1C.[CH3-].[Sm]. The zero-order valence-electron chi connectivity index (χ0n) is 104. The molecule has 12 rings (SSSR count). The van der Waals surface area contributed by atoms with Gasteiger partial charge >= 0.3 is 0 Å². The summed E-state index contributed by atoms with van der Waals surface area (Å²) in [4.78, 5) is 5.81. The molecule has 0 amide bonds. The van der Waals surface area contributed by atoms with Crippen molar-refractivity contribution in [3.63, 3.8) is 0 Å². The van der Waals surface area contributed by atoms with Crippen molar-refractivity contribution in [2.45, 2.75) is 364 Å². The van der Waals surface area contributed by atoms with E-state index in [1.807, 2.05) is 138 Å². The average Bonchev–Trinajstić information content (AvgIpc) is 0.758. The fourth-order valence-electron chi connectivity index (χ4n) is 19.2. The molecule has 12 aromatic carbocycles. The molecule has 0 fully saturated rings. The molecule has 0 N–H and O–H groups in total. The third-order valence-corrected chi connectivity index (χ3v) is 33.6. The van der Waals surface area contributed by atoms with Crippen molar-refractivity contribution in [1.29, 1.82) is 0 Å². The van der Waals surface area contributed by atoms with E-state index >= 15 is 0 Å². The molecule has 816 valence electrons. The standard InChI is InChI=1S/3C18H24O2.2C18H24S2.C10H14.C9H11.C3H8O2.C3H8S2.2C3H8.4C2H6.CH3.Sm/c1-9-11(3)17(19-7)14(6)16-10(2)12(4)18(20-8)13(5)15(9)16;1-9-11(3)17(19-7)13(5)16-14(6)18(20-8)12(4)10(2)15(9)16;1-9-10(2)15-14(6)17(19-7)13(5)11(3)16(15)18(20-8)12(9)4;1-9-11(3)17(19-7)14(6)16-10(2)12(4)18(20-8)13(5)15(9)16;1-9-11(3)17(19-7)13(5)16-14(6)18(20-8)12(4)10(2)15(9)16;1-4-10-7-5-6-8(2)9(10)3;1-7-5-4-6-8(2)9(7)3;2*1-4-3-5-2;2*1-3-2;4*1-2;;/h5*1-8H3;5-7H,4H2,1-3H3;4-6H,1H2,2-3H3;2*3H2,1-2H3;2*3H2,1-2H3;4*1-2H3;1H3;/q;;;;;;-1;;;;;;;;;-1;. The van der Waals surface area contributed by atoms with Crippen LogP contribution in [0.3, 0.4) is 0 Å². The molecule has 12 aromatic rings. The summed E-state index contributed by atoms with van der Waals surface area (Å²) in [5, 5.41) is 14.8. The first-order valence-corrected chi connectivity index (χ1v) is 59.1. The van der Waals surface area contributed by atoms with Crippen LogP contribution in [0.15, 0.2) is 56.0 Å². The van der Waals surface area contributed by atoms with Crippen molar-refractivity contribution >= 4 is 124 Å². The van der Waals surface area contributed by atoms with Crippen molar-refractivity contribution in [1.82, 2.24) is 0 Å². The summed E-state index contributed by atoms with van der Waals surface area (Å²) in [6.07, 6.45) is 16.6. The predicted molar refractivity (Wildman–Crippen MR) is 668 cm³/mol. The third kappa shape index (κ3) is 35.5. The van der Waals surface area contributed by atoms with Crippen LogP contribution < -0.4 is 28.4 Å². The van der Waals surface area contributed by atoms with E-state index in [4.69, 9.17) is 28.4 Å². The predicted octanol–water partition coefficient (Wildman–Crippen LogP) is 41.0. The van der Waals surface area contributed by atoms with E-state index in [-0.39, 0.29) is 47.8 Å². The van der Waals surface area contributed by atoms with Crippen molar-refractivity contribution in [2.75, 3.05) is 106 Å². The van der Waals surface area contributed by atoms with Gasteiger partial charge in [-0.05, 0) is 498 Å².